The van der Waals surface area contributed by atoms with Crippen LogP contribution >= 0.6 is 7.60 Å². The average Bonchev–Trinajstić information content (AvgIpc) is 2.37. The molecule has 1 N–H and O–H groups in total. The van der Waals surface area contributed by atoms with Gasteiger partial charge in [0.05, 0.1) is 26.0 Å². The number of halogens is 3. The predicted molar refractivity (Wildman–Crippen MR) is 70.3 cm³/mol. The highest BCUT2D eigenvalue weighted by atomic mass is 31.2. The van der Waals surface area contributed by atoms with E-state index in [0.717, 1.165) is 0 Å². The van der Waals surface area contributed by atoms with Crippen LogP contribution in [0.2, 0.25) is 0 Å². The van der Waals surface area contributed by atoms with E-state index in [1.807, 2.05) is 0 Å². The van der Waals surface area contributed by atoms with Gasteiger partial charge in [0.25, 0.3) is 0 Å². The van der Waals surface area contributed by atoms with E-state index in [9.17, 15) is 27.3 Å². The molecule has 7 nitrogen and oxygen atoms in total. The van der Waals surface area contributed by atoms with E-state index < -0.39 is 37.9 Å². The molecule has 0 saturated carbocycles. The lowest BCUT2D eigenvalue weighted by atomic mass is 10.3. The second-order valence-corrected chi connectivity index (χ2v) is 6.01. The number of nitrogens with one attached hydrogen (secondary N) is 1. The van der Waals surface area contributed by atoms with Crippen LogP contribution in [0, 0.1) is 0 Å². The first-order valence-electron chi connectivity index (χ1n) is 6.52. The third-order valence-electron chi connectivity index (χ3n) is 2.19. The van der Waals surface area contributed by atoms with Crippen LogP contribution in [0.4, 0.5) is 13.2 Å². The molecule has 1 atom stereocenters. The summed E-state index contributed by atoms with van der Waals surface area (Å²) in [4.78, 5) is 22.6. The SMILES string of the molecule is CCOC(=O)C(CP(=O)(OCC)OCC)NC(=O)C(F)(F)F. The van der Waals surface area contributed by atoms with Gasteiger partial charge >= 0.3 is 25.6 Å². The van der Waals surface area contributed by atoms with Crippen LogP contribution in [0.3, 0.4) is 0 Å². The van der Waals surface area contributed by atoms with Crippen LogP contribution < -0.4 is 5.32 Å². The Labute approximate surface area is 126 Å². The molecule has 22 heavy (non-hydrogen) atoms. The number of amides is 1. The van der Waals surface area contributed by atoms with Crippen LogP contribution in [-0.2, 0) is 27.9 Å². The molecule has 0 spiro atoms. The summed E-state index contributed by atoms with van der Waals surface area (Å²) >= 11 is 0. The second kappa shape index (κ2) is 9.12. The monoisotopic (exact) mass is 349 g/mol. The Kier molecular flexibility index (Phi) is 8.65. The summed E-state index contributed by atoms with van der Waals surface area (Å²) in [6, 6.07) is -1.79. The van der Waals surface area contributed by atoms with Crippen molar-refractivity contribution >= 4 is 19.5 Å². The molecule has 11 heteroatoms. The fourth-order valence-corrected chi connectivity index (χ4v) is 3.18. The Hall–Kier alpha value is -1.12. The number of esters is 1. The van der Waals surface area contributed by atoms with Crippen molar-refractivity contribution in [3.8, 4) is 0 Å². The number of alkyl halides is 3. The average molecular weight is 349 g/mol. The van der Waals surface area contributed by atoms with Gasteiger partial charge in [0.15, 0.2) is 0 Å². The van der Waals surface area contributed by atoms with Crippen LogP contribution in [-0.4, -0.2) is 50.1 Å². The van der Waals surface area contributed by atoms with E-state index >= 15 is 0 Å². The molecule has 130 valence electrons. The second-order valence-electron chi connectivity index (χ2n) is 3.90. The Morgan fingerprint density at radius 2 is 1.59 bits per heavy atom. The highest BCUT2D eigenvalue weighted by Gasteiger charge is 2.43. The van der Waals surface area contributed by atoms with Crippen molar-refractivity contribution in [3.05, 3.63) is 0 Å². The number of ether oxygens (including phenoxy) is 1. The summed E-state index contributed by atoms with van der Waals surface area (Å²) in [6.45, 7) is 4.23. The van der Waals surface area contributed by atoms with Crippen molar-refractivity contribution in [2.24, 2.45) is 0 Å². The molecule has 0 aromatic heterocycles. The minimum Gasteiger partial charge on any atom is -0.464 e. The summed E-state index contributed by atoms with van der Waals surface area (Å²) in [6.07, 6.45) is -5.94. The Bertz CT molecular complexity index is 419. The third kappa shape index (κ3) is 7.24. The molecule has 0 saturated heterocycles. The van der Waals surface area contributed by atoms with Crippen molar-refractivity contribution in [1.29, 1.82) is 0 Å². The summed E-state index contributed by atoms with van der Waals surface area (Å²) in [5.74, 6) is -3.50. The zero-order chi connectivity index (χ0) is 17.4. The van der Waals surface area contributed by atoms with Gasteiger partial charge in [0.1, 0.15) is 6.04 Å². The lowest BCUT2D eigenvalue weighted by molar-refractivity contribution is -0.175. The van der Waals surface area contributed by atoms with Crippen LogP contribution in [0.15, 0.2) is 0 Å². The van der Waals surface area contributed by atoms with Gasteiger partial charge in [-0.05, 0) is 20.8 Å². The molecule has 1 unspecified atom stereocenters. The standard InChI is InChI=1S/C11H19F3NO6P/c1-4-19-9(16)8(15-10(17)11(12,13)14)7-22(18,20-5-2)21-6-3/h8H,4-7H2,1-3H3,(H,15,17). The lowest BCUT2D eigenvalue weighted by Gasteiger charge is -2.23. The zero-order valence-electron chi connectivity index (χ0n) is 12.4. The van der Waals surface area contributed by atoms with Crippen molar-refractivity contribution in [3.63, 3.8) is 0 Å². The molecule has 0 rings (SSSR count). The summed E-state index contributed by atoms with van der Waals surface area (Å²) in [5, 5.41) is 1.44. The van der Waals surface area contributed by atoms with E-state index in [2.05, 4.69) is 4.74 Å². The molecule has 0 aromatic carbocycles. The van der Waals surface area contributed by atoms with E-state index in [1.54, 1.807) is 0 Å². The fourth-order valence-electron chi connectivity index (χ4n) is 1.42. The van der Waals surface area contributed by atoms with Crippen molar-refractivity contribution in [1.82, 2.24) is 5.32 Å². The number of carbonyl (C=O) groups is 2. The van der Waals surface area contributed by atoms with Gasteiger partial charge in [-0.1, -0.05) is 0 Å². The Morgan fingerprint density at radius 1 is 1.09 bits per heavy atom. The topological polar surface area (TPSA) is 90.9 Å². The molecular formula is C11H19F3NO6P. The zero-order valence-corrected chi connectivity index (χ0v) is 13.3. The minimum absolute atomic E-state index is 0.0416. The maximum atomic E-state index is 12.3. The van der Waals surface area contributed by atoms with Gasteiger partial charge in [-0.15, -0.1) is 0 Å². The summed E-state index contributed by atoms with van der Waals surface area (Å²) < 4.78 is 63.5. The van der Waals surface area contributed by atoms with Gasteiger partial charge in [-0.2, -0.15) is 13.2 Å². The van der Waals surface area contributed by atoms with Gasteiger partial charge in [-0.25, -0.2) is 4.79 Å². The van der Waals surface area contributed by atoms with Crippen LogP contribution in [0.5, 0.6) is 0 Å². The van der Waals surface area contributed by atoms with Gasteiger partial charge in [0.2, 0.25) is 0 Å². The molecule has 0 fully saturated rings. The van der Waals surface area contributed by atoms with Crippen LogP contribution in [0.1, 0.15) is 20.8 Å². The Balaban J connectivity index is 5.19. The summed E-state index contributed by atoms with van der Waals surface area (Å²) in [5.41, 5.74) is 0. The third-order valence-corrected chi connectivity index (χ3v) is 4.31. The van der Waals surface area contributed by atoms with E-state index in [-0.39, 0.29) is 19.8 Å². The number of hydrogen-bond donors (Lipinski definition) is 1. The number of hydrogen-bond acceptors (Lipinski definition) is 6. The molecule has 0 aliphatic carbocycles. The van der Waals surface area contributed by atoms with Crippen molar-refractivity contribution in [2.75, 3.05) is 26.0 Å². The van der Waals surface area contributed by atoms with E-state index in [0.29, 0.717) is 0 Å². The maximum Gasteiger partial charge on any atom is 0.471 e. The van der Waals surface area contributed by atoms with Gasteiger partial charge in [-0.3, -0.25) is 9.36 Å². The minimum atomic E-state index is -5.19. The molecule has 1 amide bonds. The van der Waals surface area contributed by atoms with E-state index in [4.69, 9.17) is 9.05 Å². The van der Waals surface area contributed by atoms with Crippen molar-refractivity contribution in [2.45, 2.75) is 33.0 Å². The molecule has 0 aromatic rings. The molecule has 0 radical (unpaired) electrons. The molecule has 0 aliphatic heterocycles. The van der Waals surface area contributed by atoms with Gasteiger partial charge in [0, 0.05) is 0 Å². The molecule has 0 heterocycles. The smallest absolute Gasteiger partial charge is 0.464 e. The highest BCUT2D eigenvalue weighted by Crippen LogP contribution is 2.48. The normalized spacial score (nSPS) is 13.5. The molecule has 0 aliphatic rings. The van der Waals surface area contributed by atoms with E-state index in [1.165, 1.54) is 26.1 Å². The maximum absolute atomic E-state index is 12.3. The predicted octanol–water partition coefficient (Wildman–Crippen LogP) is 1.86. The van der Waals surface area contributed by atoms with Gasteiger partial charge < -0.3 is 19.1 Å². The largest absolute Gasteiger partial charge is 0.471 e. The van der Waals surface area contributed by atoms with Crippen molar-refractivity contribution < 1.29 is 41.1 Å². The molecule has 0 bridgehead atoms. The van der Waals surface area contributed by atoms with Crippen LogP contribution in [0.25, 0.3) is 0 Å². The summed E-state index contributed by atoms with van der Waals surface area (Å²) in [7, 11) is -3.84. The fraction of sp³-hybridized carbons (Fsp3) is 0.818. The lowest BCUT2D eigenvalue weighted by Crippen LogP contribution is -2.49. The number of carbonyl (C=O) groups excluding carboxylic acids is 2. The highest BCUT2D eigenvalue weighted by molar-refractivity contribution is 7.54. The Morgan fingerprint density at radius 3 is 1.95 bits per heavy atom. The quantitative estimate of drug-likeness (QED) is 0.505. The first-order chi connectivity index (χ1) is 10.1. The number of rotatable bonds is 9. The molecular weight excluding hydrogens is 330 g/mol. The first-order valence-corrected chi connectivity index (χ1v) is 8.24. The first kappa shape index (κ1) is 20.9.